The lowest BCUT2D eigenvalue weighted by Gasteiger charge is -2.23. The Hall–Kier alpha value is -3.65. The summed E-state index contributed by atoms with van der Waals surface area (Å²) in [5.41, 5.74) is 4.23. The maximum absolute atomic E-state index is 13.2. The number of aromatic nitrogens is 2. The zero-order chi connectivity index (χ0) is 23.3. The number of sulfonamides is 1. The lowest BCUT2D eigenvalue weighted by molar-refractivity contribution is -0.128. The molecular weight excluding hydrogens is 436 g/mol. The molecule has 2 heterocycles. The van der Waals surface area contributed by atoms with Crippen LogP contribution >= 0.6 is 0 Å². The van der Waals surface area contributed by atoms with Gasteiger partial charge in [0.25, 0.3) is 10.0 Å². The van der Waals surface area contributed by atoms with Crippen LogP contribution in [0.2, 0.25) is 0 Å². The molecule has 0 saturated carbocycles. The average molecular weight is 461 g/mol. The second-order valence-electron chi connectivity index (χ2n) is 8.29. The van der Waals surface area contributed by atoms with Crippen LogP contribution in [-0.4, -0.2) is 42.6 Å². The summed E-state index contributed by atoms with van der Waals surface area (Å²) in [5.74, 6) is -0.283. The molecule has 4 aromatic rings. The van der Waals surface area contributed by atoms with E-state index in [1.807, 2.05) is 67.1 Å². The predicted octanol–water partition coefficient (Wildman–Crippen LogP) is 3.81. The van der Waals surface area contributed by atoms with E-state index >= 15 is 0 Å². The summed E-state index contributed by atoms with van der Waals surface area (Å²) < 4.78 is 29.5. The van der Waals surface area contributed by atoms with Gasteiger partial charge in [-0.05, 0) is 43.5 Å². The Bertz CT molecular complexity index is 1490. The van der Waals surface area contributed by atoms with Gasteiger partial charge in [-0.1, -0.05) is 42.5 Å². The zero-order valence-corrected chi connectivity index (χ0v) is 19.5. The number of likely N-dealkylation sites (N-methyl/N-ethyl adjacent to an activating group) is 1. The normalized spacial score (nSPS) is 14.1. The molecule has 1 aliphatic rings. The second kappa shape index (κ2) is 7.74. The number of benzene rings is 3. The van der Waals surface area contributed by atoms with Gasteiger partial charge in [-0.15, -0.1) is 0 Å². The third kappa shape index (κ3) is 3.38. The van der Waals surface area contributed by atoms with Crippen LogP contribution in [0.5, 0.6) is 0 Å². The molecule has 0 aliphatic carbocycles. The molecule has 0 atom stereocenters. The molecule has 8 heteroatoms. The first-order valence-corrected chi connectivity index (χ1v) is 12.1. The Morgan fingerprint density at radius 1 is 0.970 bits per heavy atom. The number of carbonyl (C=O) groups is 1. The monoisotopic (exact) mass is 460 g/mol. The largest absolute Gasteiger partial charge is 0.340 e. The quantitative estimate of drug-likeness (QED) is 0.454. The molecule has 0 saturated heterocycles. The minimum absolute atomic E-state index is 0.252. The lowest BCUT2D eigenvalue weighted by atomic mass is 10.1. The number of aryl methyl sites for hydroxylation is 1. The van der Waals surface area contributed by atoms with Crippen molar-refractivity contribution in [3.8, 4) is 5.69 Å². The smallest absolute Gasteiger partial charge is 0.265 e. The standard InChI is InChI=1S/C25H24N4O3S/c1-17-21(18(2)29(26-17)20-11-5-4-6-12-20)15-27(3)24(30)16-28-22-13-7-9-19-10-8-14-23(25(19)22)33(28,31)32/h4-14H,15-16H2,1-3H3. The zero-order valence-electron chi connectivity index (χ0n) is 18.7. The summed E-state index contributed by atoms with van der Waals surface area (Å²) in [6.45, 7) is 3.98. The third-order valence-corrected chi connectivity index (χ3v) is 8.03. The maximum Gasteiger partial charge on any atom is 0.265 e. The number of amides is 1. The summed E-state index contributed by atoms with van der Waals surface area (Å²) in [4.78, 5) is 15.0. The van der Waals surface area contributed by atoms with Gasteiger partial charge in [0.1, 0.15) is 6.54 Å². The fraction of sp³-hybridized carbons (Fsp3) is 0.200. The molecule has 0 fully saturated rings. The van der Waals surface area contributed by atoms with Crippen LogP contribution in [0.3, 0.4) is 0 Å². The molecule has 1 aliphatic heterocycles. The molecule has 1 aromatic heterocycles. The fourth-order valence-electron chi connectivity index (χ4n) is 4.42. The Kier molecular flexibility index (Phi) is 4.97. The number of rotatable bonds is 5. The van der Waals surface area contributed by atoms with Gasteiger partial charge >= 0.3 is 0 Å². The van der Waals surface area contributed by atoms with Crippen molar-refractivity contribution < 1.29 is 13.2 Å². The van der Waals surface area contributed by atoms with E-state index in [2.05, 4.69) is 5.10 Å². The molecule has 1 amide bonds. The predicted molar refractivity (Wildman–Crippen MR) is 128 cm³/mol. The number of anilines is 1. The molecule has 0 radical (unpaired) electrons. The van der Waals surface area contributed by atoms with Gasteiger partial charge < -0.3 is 4.90 Å². The molecule has 3 aromatic carbocycles. The van der Waals surface area contributed by atoms with Gasteiger partial charge in [0.05, 0.1) is 22.0 Å². The number of hydrogen-bond acceptors (Lipinski definition) is 4. The van der Waals surface area contributed by atoms with E-state index in [4.69, 9.17) is 0 Å². The minimum atomic E-state index is -3.78. The maximum atomic E-state index is 13.2. The first-order chi connectivity index (χ1) is 15.8. The molecule has 0 unspecified atom stereocenters. The van der Waals surface area contributed by atoms with Crippen molar-refractivity contribution in [3.63, 3.8) is 0 Å². The summed E-state index contributed by atoms with van der Waals surface area (Å²) in [5, 5.41) is 6.16. The van der Waals surface area contributed by atoms with Crippen molar-refractivity contribution in [2.75, 3.05) is 17.9 Å². The van der Waals surface area contributed by atoms with Crippen LogP contribution in [0.1, 0.15) is 17.0 Å². The van der Waals surface area contributed by atoms with Crippen LogP contribution in [0.4, 0.5) is 5.69 Å². The molecule has 7 nitrogen and oxygen atoms in total. The SMILES string of the molecule is Cc1nn(-c2ccccc2)c(C)c1CN(C)C(=O)CN1c2cccc3cccc(c23)S1(=O)=O. The van der Waals surface area contributed by atoms with E-state index < -0.39 is 10.0 Å². The first kappa shape index (κ1) is 21.2. The highest BCUT2D eigenvalue weighted by atomic mass is 32.2. The molecule has 0 bridgehead atoms. The summed E-state index contributed by atoms with van der Waals surface area (Å²) in [6, 6.07) is 20.5. The van der Waals surface area contributed by atoms with Gasteiger partial charge in [0.2, 0.25) is 5.91 Å². The first-order valence-electron chi connectivity index (χ1n) is 10.7. The third-order valence-electron chi connectivity index (χ3n) is 6.22. The molecule has 0 N–H and O–H groups in total. The number of para-hydroxylation sites is 1. The molecule has 0 spiro atoms. The van der Waals surface area contributed by atoms with Gasteiger partial charge in [0.15, 0.2) is 0 Å². The van der Waals surface area contributed by atoms with Crippen molar-refractivity contribution in [2.45, 2.75) is 25.3 Å². The second-order valence-corrected chi connectivity index (χ2v) is 10.1. The van der Waals surface area contributed by atoms with E-state index in [1.165, 1.54) is 4.31 Å². The van der Waals surface area contributed by atoms with Crippen molar-refractivity contribution in [2.24, 2.45) is 0 Å². The Labute approximate surface area is 192 Å². The van der Waals surface area contributed by atoms with Crippen molar-refractivity contribution >= 4 is 32.4 Å². The van der Waals surface area contributed by atoms with Gasteiger partial charge in [-0.3, -0.25) is 9.10 Å². The average Bonchev–Trinajstić information content (AvgIpc) is 3.21. The van der Waals surface area contributed by atoms with Gasteiger partial charge in [-0.2, -0.15) is 5.10 Å². The van der Waals surface area contributed by atoms with Crippen LogP contribution in [0.25, 0.3) is 16.5 Å². The molecule has 33 heavy (non-hydrogen) atoms. The van der Waals surface area contributed by atoms with Crippen molar-refractivity contribution in [3.05, 3.63) is 83.7 Å². The Morgan fingerprint density at radius 2 is 1.67 bits per heavy atom. The van der Waals surface area contributed by atoms with E-state index in [-0.39, 0.29) is 17.3 Å². The van der Waals surface area contributed by atoms with Crippen LogP contribution in [0, 0.1) is 13.8 Å². The van der Waals surface area contributed by atoms with Crippen LogP contribution in [-0.2, 0) is 21.4 Å². The molecular formula is C25H24N4O3S. The van der Waals surface area contributed by atoms with Crippen LogP contribution < -0.4 is 4.31 Å². The molecule has 5 rings (SSSR count). The summed E-state index contributed by atoms with van der Waals surface area (Å²) in [7, 11) is -2.09. The van der Waals surface area contributed by atoms with Gasteiger partial charge in [-0.25, -0.2) is 13.1 Å². The lowest BCUT2D eigenvalue weighted by Crippen LogP contribution is -2.39. The highest BCUT2D eigenvalue weighted by molar-refractivity contribution is 7.93. The van der Waals surface area contributed by atoms with E-state index in [1.54, 1.807) is 30.1 Å². The minimum Gasteiger partial charge on any atom is -0.340 e. The Balaban J connectivity index is 1.40. The number of hydrogen-bond donors (Lipinski definition) is 0. The Morgan fingerprint density at radius 3 is 2.39 bits per heavy atom. The molecule has 168 valence electrons. The number of carbonyl (C=O) groups excluding carboxylic acids is 1. The van der Waals surface area contributed by atoms with E-state index in [9.17, 15) is 13.2 Å². The van der Waals surface area contributed by atoms with E-state index in [0.717, 1.165) is 28.0 Å². The summed E-state index contributed by atoms with van der Waals surface area (Å²) in [6.07, 6.45) is 0. The highest BCUT2D eigenvalue weighted by Crippen LogP contribution is 2.41. The number of nitrogens with zero attached hydrogens (tertiary/aromatic N) is 4. The summed E-state index contributed by atoms with van der Waals surface area (Å²) >= 11 is 0. The van der Waals surface area contributed by atoms with E-state index in [0.29, 0.717) is 17.6 Å². The topological polar surface area (TPSA) is 75.5 Å². The highest BCUT2D eigenvalue weighted by Gasteiger charge is 2.37. The van der Waals surface area contributed by atoms with Crippen LogP contribution in [0.15, 0.2) is 71.6 Å². The fourth-order valence-corrected chi connectivity index (χ4v) is 6.08. The van der Waals surface area contributed by atoms with Crippen molar-refractivity contribution in [1.29, 1.82) is 0 Å². The van der Waals surface area contributed by atoms with Gasteiger partial charge in [0, 0.05) is 30.2 Å². The van der Waals surface area contributed by atoms with Crippen molar-refractivity contribution in [1.82, 2.24) is 14.7 Å².